The summed E-state index contributed by atoms with van der Waals surface area (Å²) in [7, 11) is 1.63. The van der Waals surface area contributed by atoms with E-state index in [2.05, 4.69) is 5.32 Å². The first-order valence-electron chi connectivity index (χ1n) is 5.44. The van der Waals surface area contributed by atoms with Crippen molar-refractivity contribution in [1.82, 2.24) is 5.32 Å². The minimum Gasteiger partial charge on any atom is -0.394 e. The molecular formula is C11H23NO3. The highest BCUT2D eigenvalue weighted by Crippen LogP contribution is 2.03. The number of ether oxygens (including phenoxy) is 1. The Balaban J connectivity index is 3.81. The molecule has 0 aliphatic carbocycles. The largest absolute Gasteiger partial charge is 0.394 e. The van der Waals surface area contributed by atoms with Gasteiger partial charge in [-0.3, -0.25) is 4.79 Å². The van der Waals surface area contributed by atoms with E-state index >= 15 is 0 Å². The number of aliphatic hydroxyl groups is 1. The Kier molecular flexibility index (Phi) is 7.34. The van der Waals surface area contributed by atoms with E-state index in [1.807, 2.05) is 20.8 Å². The van der Waals surface area contributed by atoms with E-state index in [9.17, 15) is 4.79 Å². The summed E-state index contributed by atoms with van der Waals surface area (Å²) in [5.41, 5.74) is 0. The van der Waals surface area contributed by atoms with Gasteiger partial charge in [-0.05, 0) is 19.3 Å². The predicted octanol–water partition coefficient (Wildman–Crippen LogP) is 0.935. The van der Waals surface area contributed by atoms with Crippen molar-refractivity contribution in [3.63, 3.8) is 0 Å². The lowest BCUT2D eigenvalue weighted by Gasteiger charge is -2.20. The van der Waals surface area contributed by atoms with Crippen molar-refractivity contribution in [2.75, 3.05) is 13.7 Å². The first-order chi connectivity index (χ1) is 7.01. The van der Waals surface area contributed by atoms with Crippen molar-refractivity contribution in [1.29, 1.82) is 0 Å². The molecular weight excluding hydrogens is 194 g/mol. The van der Waals surface area contributed by atoms with Gasteiger partial charge >= 0.3 is 0 Å². The van der Waals surface area contributed by atoms with E-state index in [1.54, 1.807) is 7.11 Å². The number of amides is 1. The lowest BCUT2D eigenvalue weighted by Crippen LogP contribution is -2.41. The van der Waals surface area contributed by atoms with Gasteiger partial charge < -0.3 is 15.2 Å². The molecule has 0 radical (unpaired) electrons. The van der Waals surface area contributed by atoms with Crippen LogP contribution in [0.1, 0.15) is 33.6 Å². The average molecular weight is 217 g/mol. The van der Waals surface area contributed by atoms with Gasteiger partial charge in [0.05, 0.1) is 18.8 Å². The number of carbonyl (C=O) groups is 1. The topological polar surface area (TPSA) is 58.6 Å². The third-order valence-corrected chi connectivity index (χ3v) is 2.53. The Morgan fingerprint density at radius 2 is 2.00 bits per heavy atom. The fraction of sp³-hybridized carbons (Fsp3) is 0.909. The molecule has 90 valence electrons. The quantitative estimate of drug-likeness (QED) is 0.667. The van der Waals surface area contributed by atoms with Gasteiger partial charge in [-0.25, -0.2) is 0 Å². The molecule has 15 heavy (non-hydrogen) atoms. The van der Waals surface area contributed by atoms with Gasteiger partial charge in [-0.15, -0.1) is 0 Å². The van der Waals surface area contributed by atoms with Crippen molar-refractivity contribution in [2.24, 2.45) is 5.92 Å². The maximum Gasteiger partial charge on any atom is 0.220 e. The number of rotatable bonds is 7. The third-order valence-electron chi connectivity index (χ3n) is 2.53. The standard InChI is InChI=1S/C11H23NO3/c1-8(2)10(7-13)12-11(14)6-5-9(3)15-4/h8-10,13H,5-7H2,1-4H3,(H,12,14). The maximum absolute atomic E-state index is 11.5. The SMILES string of the molecule is COC(C)CCC(=O)NC(CO)C(C)C. The summed E-state index contributed by atoms with van der Waals surface area (Å²) in [5.74, 6) is 0.227. The highest BCUT2D eigenvalue weighted by Gasteiger charge is 2.15. The molecule has 2 N–H and O–H groups in total. The Morgan fingerprint density at radius 1 is 1.40 bits per heavy atom. The van der Waals surface area contributed by atoms with Crippen LogP contribution in [-0.4, -0.2) is 36.9 Å². The van der Waals surface area contributed by atoms with E-state index in [0.29, 0.717) is 12.8 Å². The summed E-state index contributed by atoms with van der Waals surface area (Å²) in [6.45, 7) is 5.86. The van der Waals surface area contributed by atoms with E-state index in [1.165, 1.54) is 0 Å². The molecule has 2 atom stereocenters. The van der Waals surface area contributed by atoms with E-state index in [-0.39, 0.29) is 30.6 Å². The molecule has 0 aromatic carbocycles. The van der Waals surface area contributed by atoms with Crippen LogP contribution in [0.2, 0.25) is 0 Å². The van der Waals surface area contributed by atoms with Gasteiger partial charge in [0.1, 0.15) is 0 Å². The van der Waals surface area contributed by atoms with Crippen LogP contribution in [0.5, 0.6) is 0 Å². The lowest BCUT2D eigenvalue weighted by molar-refractivity contribution is -0.123. The number of nitrogens with one attached hydrogen (secondary N) is 1. The fourth-order valence-corrected chi connectivity index (χ4v) is 1.15. The molecule has 0 saturated carbocycles. The van der Waals surface area contributed by atoms with E-state index in [0.717, 1.165) is 0 Å². The van der Waals surface area contributed by atoms with Gasteiger partial charge in [0.25, 0.3) is 0 Å². The molecule has 4 heteroatoms. The fourth-order valence-electron chi connectivity index (χ4n) is 1.15. The van der Waals surface area contributed by atoms with Crippen LogP contribution >= 0.6 is 0 Å². The number of hydrogen-bond acceptors (Lipinski definition) is 3. The van der Waals surface area contributed by atoms with Crippen LogP contribution < -0.4 is 5.32 Å². The second-order valence-corrected chi connectivity index (χ2v) is 4.19. The van der Waals surface area contributed by atoms with Crippen molar-refractivity contribution < 1.29 is 14.6 Å². The molecule has 0 saturated heterocycles. The minimum atomic E-state index is -0.143. The van der Waals surface area contributed by atoms with Gasteiger partial charge in [0.2, 0.25) is 5.91 Å². The monoisotopic (exact) mass is 217 g/mol. The zero-order valence-corrected chi connectivity index (χ0v) is 10.1. The molecule has 0 aromatic rings. The summed E-state index contributed by atoms with van der Waals surface area (Å²) in [5, 5.41) is 11.8. The Morgan fingerprint density at radius 3 is 2.40 bits per heavy atom. The first kappa shape index (κ1) is 14.4. The highest BCUT2D eigenvalue weighted by atomic mass is 16.5. The first-order valence-corrected chi connectivity index (χ1v) is 5.44. The predicted molar refractivity (Wildman–Crippen MR) is 59.6 cm³/mol. The molecule has 0 bridgehead atoms. The molecule has 0 fully saturated rings. The van der Waals surface area contributed by atoms with Crippen molar-refractivity contribution >= 4 is 5.91 Å². The molecule has 0 rings (SSSR count). The molecule has 4 nitrogen and oxygen atoms in total. The molecule has 1 amide bonds. The highest BCUT2D eigenvalue weighted by molar-refractivity contribution is 5.76. The summed E-state index contributed by atoms with van der Waals surface area (Å²) in [4.78, 5) is 11.5. The van der Waals surface area contributed by atoms with Crippen LogP contribution in [-0.2, 0) is 9.53 Å². The number of carbonyl (C=O) groups excluding carboxylic acids is 1. The molecule has 2 unspecified atom stereocenters. The second-order valence-electron chi connectivity index (χ2n) is 4.19. The Bertz CT molecular complexity index is 183. The van der Waals surface area contributed by atoms with E-state index in [4.69, 9.17) is 9.84 Å². The smallest absolute Gasteiger partial charge is 0.220 e. The van der Waals surface area contributed by atoms with Gasteiger partial charge in [-0.1, -0.05) is 13.8 Å². The molecule has 0 aromatic heterocycles. The van der Waals surface area contributed by atoms with E-state index < -0.39 is 0 Å². The van der Waals surface area contributed by atoms with Crippen LogP contribution in [0.15, 0.2) is 0 Å². The Labute approximate surface area is 92.0 Å². The molecule has 0 heterocycles. The molecule has 0 aliphatic rings. The van der Waals surface area contributed by atoms with Crippen LogP contribution in [0, 0.1) is 5.92 Å². The number of aliphatic hydroxyl groups excluding tert-OH is 1. The number of hydrogen-bond donors (Lipinski definition) is 2. The summed E-state index contributed by atoms with van der Waals surface area (Å²) >= 11 is 0. The number of methoxy groups -OCH3 is 1. The van der Waals surface area contributed by atoms with Crippen molar-refractivity contribution in [3.8, 4) is 0 Å². The Hall–Kier alpha value is -0.610. The normalized spacial score (nSPS) is 15.1. The summed E-state index contributed by atoms with van der Waals surface area (Å²) in [6.07, 6.45) is 1.25. The van der Waals surface area contributed by atoms with Crippen molar-refractivity contribution in [3.05, 3.63) is 0 Å². The minimum absolute atomic E-state index is 0.0107. The molecule has 0 aliphatic heterocycles. The zero-order chi connectivity index (χ0) is 11.8. The average Bonchev–Trinajstić information content (AvgIpc) is 2.21. The zero-order valence-electron chi connectivity index (χ0n) is 10.1. The van der Waals surface area contributed by atoms with Crippen LogP contribution in [0.25, 0.3) is 0 Å². The van der Waals surface area contributed by atoms with Gasteiger partial charge in [0, 0.05) is 13.5 Å². The third kappa shape index (κ3) is 6.47. The van der Waals surface area contributed by atoms with Crippen LogP contribution in [0.3, 0.4) is 0 Å². The summed E-state index contributed by atoms with van der Waals surface area (Å²) < 4.78 is 5.05. The van der Waals surface area contributed by atoms with Crippen molar-refractivity contribution in [2.45, 2.75) is 45.8 Å². The maximum atomic E-state index is 11.5. The van der Waals surface area contributed by atoms with Gasteiger partial charge in [-0.2, -0.15) is 0 Å². The second kappa shape index (κ2) is 7.65. The lowest BCUT2D eigenvalue weighted by atomic mass is 10.1. The summed E-state index contributed by atoms with van der Waals surface area (Å²) in [6, 6.07) is -0.143. The van der Waals surface area contributed by atoms with Gasteiger partial charge in [0.15, 0.2) is 0 Å². The van der Waals surface area contributed by atoms with Crippen LogP contribution in [0.4, 0.5) is 0 Å². The molecule has 0 spiro atoms.